The Morgan fingerprint density at radius 2 is 1.55 bits per heavy atom. The Balaban J connectivity index is 5.08. The highest BCUT2D eigenvalue weighted by Crippen LogP contribution is 2.19. The Morgan fingerprint density at radius 3 is 1.90 bits per heavy atom. The van der Waals surface area contributed by atoms with Crippen LogP contribution in [0.5, 0.6) is 0 Å². The molecule has 8 nitrogen and oxygen atoms in total. The van der Waals surface area contributed by atoms with Gasteiger partial charge in [-0.1, -0.05) is 6.58 Å². The molecule has 120 valence electrons. The average molecular weight is 308 g/mol. The van der Waals surface area contributed by atoms with Crippen molar-refractivity contribution in [2.45, 2.75) is 26.1 Å². The highest BCUT2D eigenvalue weighted by atomic mass is 28.4. The fourth-order valence-electron chi connectivity index (χ4n) is 1.16. The molecule has 0 rings (SSSR count). The monoisotopic (exact) mass is 308 g/mol. The van der Waals surface area contributed by atoms with Gasteiger partial charge in [0.25, 0.3) is 0 Å². The van der Waals surface area contributed by atoms with Crippen molar-refractivity contribution in [2.75, 3.05) is 32.8 Å². The topological polar surface area (TPSA) is 141 Å². The molecule has 0 saturated heterocycles. The zero-order chi connectivity index (χ0) is 15.6. The molecule has 0 aliphatic rings. The highest BCUT2D eigenvalue weighted by molar-refractivity contribution is 6.54. The number of rotatable bonds is 12. The van der Waals surface area contributed by atoms with Crippen LogP contribution in [0, 0.1) is 0 Å². The van der Waals surface area contributed by atoms with Gasteiger partial charge in [-0.25, -0.2) is 0 Å². The molecule has 0 aromatic rings. The molecule has 0 bridgehead atoms. The summed E-state index contributed by atoms with van der Waals surface area (Å²) in [5.74, 6) is 0.308. The van der Waals surface area contributed by atoms with E-state index in [9.17, 15) is 0 Å². The van der Waals surface area contributed by atoms with Gasteiger partial charge in [-0.2, -0.15) is 0 Å². The Hall–Kier alpha value is -0.523. The molecule has 20 heavy (non-hydrogen) atoms. The third-order valence-electron chi connectivity index (χ3n) is 2.25. The standard InChI is InChI=1S/C11H28N4O4Si/c1-9(6-13)17-20(16-5-4-12,18-10(2)7-14)19-11(3)8-15/h10-11H,1,4-8,12-15H2,2-3H3. The summed E-state index contributed by atoms with van der Waals surface area (Å²) in [5.41, 5.74) is 22.1. The van der Waals surface area contributed by atoms with Crippen LogP contribution in [-0.4, -0.2) is 54.0 Å². The molecule has 0 aliphatic heterocycles. The average Bonchev–Trinajstić information content (AvgIpc) is 2.44. The molecule has 0 heterocycles. The number of hydrogen-bond donors (Lipinski definition) is 4. The van der Waals surface area contributed by atoms with Gasteiger partial charge in [0, 0.05) is 26.2 Å². The summed E-state index contributed by atoms with van der Waals surface area (Å²) in [5, 5.41) is 0. The normalized spacial score (nSPS) is 17.3. The first-order valence-electron chi connectivity index (χ1n) is 6.59. The summed E-state index contributed by atoms with van der Waals surface area (Å²) in [6.45, 7) is 8.50. The minimum Gasteiger partial charge on any atom is -0.483 e. The molecule has 2 unspecified atom stereocenters. The first-order chi connectivity index (χ1) is 9.42. The SMILES string of the molecule is C=C(CN)O[Si](OCCN)(OC(C)CN)OC(C)CN. The van der Waals surface area contributed by atoms with Crippen molar-refractivity contribution in [3.8, 4) is 0 Å². The van der Waals surface area contributed by atoms with Gasteiger partial charge < -0.3 is 40.6 Å². The van der Waals surface area contributed by atoms with Gasteiger partial charge in [0.15, 0.2) is 0 Å². The highest BCUT2D eigenvalue weighted by Gasteiger charge is 2.51. The maximum absolute atomic E-state index is 5.75. The third kappa shape index (κ3) is 7.31. The predicted octanol–water partition coefficient (Wildman–Crippen LogP) is -1.39. The minimum atomic E-state index is -3.49. The molecule has 0 amide bonds. The van der Waals surface area contributed by atoms with Crippen molar-refractivity contribution < 1.29 is 17.7 Å². The van der Waals surface area contributed by atoms with Crippen LogP contribution in [0.4, 0.5) is 0 Å². The Morgan fingerprint density at radius 1 is 1.05 bits per heavy atom. The molecule has 0 spiro atoms. The van der Waals surface area contributed by atoms with Crippen molar-refractivity contribution in [2.24, 2.45) is 22.9 Å². The van der Waals surface area contributed by atoms with Crippen molar-refractivity contribution in [3.05, 3.63) is 12.3 Å². The molecule has 2 atom stereocenters. The van der Waals surface area contributed by atoms with Crippen LogP contribution >= 0.6 is 0 Å². The van der Waals surface area contributed by atoms with Gasteiger partial charge in [-0.05, 0) is 13.8 Å². The Labute approximate surface area is 121 Å². The second-order valence-electron chi connectivity index (χ2n) is 4.31. The smallest absolute Gasteiger partial charge is 0.483 e. The molecule has 0 saturated carbocycles. The van der Waals surface area contributed by atoms with E-state index in [2.05, 4.69) is 6.58 Å². The molecule has 0 radical (unpaired) electrons. The third-order valence-corrected chi connectivity index (χ3v) is 4.73. The molecular weight excluding hydrogens is 280 g/mol. The van der Waals surface area contributed by atoms with Gasteiger partial charge in [-0.3, -0.25) is 0 Å². The van der Waals surface area contributed by atoms with E-state index in [0.717, 1.165) is 0 Å². The van der Waals surface area contributed by atoms with Crippen LogP contribution in [0.3, 0.4) is 0 Å². The Bertz CT molecular complexity index is 271. The summed E-state index contributed by atoms with van der Waals surface area (Å²) < 4.78 is 22.7. The first kappa shape index (κ1) is 19.5. The maximum atomic E-state index is 5.75. The molecule has 0 aliphatic carbocycles. The molecule has 8 N–H and O–H groups in total. The van der Waals surface area contributed by atoms with Crippen LogP contribution in [0.2, 0.25) is 0 Å². The van der Waals surface area contributed by atoms with E-state index < -0.39 is 9.05 Å². The second-order valence-corrected chi connectivity index (χ2v) is 6.27. The van der Waals surface area contributed by atoms with Gasteiger partial charge in [0.1, 0.15) is 0 Å². The number of hydrogen-bond acceptors (Lipinski definition) is 8. The van der Waals surface area contributed by atoms with Crippen LogP contribution < -0.4 is 22.9 Å². The molecule has 0 aromatic heterocycles. The summed E-state index contributed by atoms with van der Waals surface area (Å²) in [6, 6.07) is 0. The van der Waals surface area contributed by atoms with Crippen molar-refractivity contribution >= 4 is 9.05 Å². The lowest BCUT2D eigenvalue weighted by Gasteiger charge is -2.32. The van der Waals surface area contributed by atoms with E-state index in [4.69, 9.17) is 40.6 Å². The zero-order valence-electron chi connectivity index (χ0n) is 12.3. The summed E-state index contributed by atoms with van der Waals surface area (Å²) in [4.78, 5) is 0. The summed E-state index contributed by atoms with van der Waals surface area (Å²) >= 11 is 0. The van der Waals surface area contributed by atoms with Gasteiger partial charge in [0.2, 0.25) is 0 Å². The summed E-state index contributed by atoms with van der Waals surface area (Å²) in [7, 11) is -3.49. The summed E-state index contributed by atoms with van der Waals surface area (Å²) in [6.07, 6.45) is -0.620. The lowest BCUT2D eigenvalue weighted by atomic mass is 10.4. The molecule has 9 heteroatoms. The first-order valence-corrected chi connectivity index (χ1v) is 8.22. The van der Waals surface area contributed by atoms with E-state index in [1.807, 2.05) is 0 Å². The van der Waals surface area contributed by atoms with E-state index in [0.29, 0.717) is 25.4 Å². The largest absolute Gasteiger partial charge is 0.750 e. The van der Waals surface area contributed by atoms with Gasteiger partial charge in [0.05, 0.1) is 24.6 Å². The van der Waals surface area contributed by atoms with E-state index in [-0.39, 0.29) is 25.4 Å². The second kappa shape index (κ2) is 10.2. The zero-order valence-corrected chi connectivity index (χ0v) is 13.3. The molecule has 0 aromatic carbocycles. The minimum absolute atomic E-state index is 0.126. The molecule has 0 fully saturated rings. The lowest BCUT2D eigenvalue weighted by molar-refractivity contribution is -0.0508. The predicted molar refractivity (Wildman–Crippen MR) is 79.2 cm³/mol. The van der Waals surface area contributed by atoms with E-state index >= 15 is 0 Å². The van der Waals surface area contributed by atoms with E-state index in [1.54, 1.807) is 13.8 Å². The lowest BCUT2D eigenvalue weighted by Crippen LogP contribution is -2.55. The fourth-order valence-corrected chi connectivity index (χ4v) is 3.49. The van der Waals surface area contributed by atoms with Crippen molar-refractivity contribution in [3.63, 3.8) is 0 Å². The van der Waals surface area contributed by atoms with Crippen molar-refractivity contribution in [1.82, 2.24) is 0 Å². The van der Waals surface area contributed by atoms with Gasteiger partial charge in [-0.15, -0.1) is 0 Å². The van der Waals surface area contributed by atoms with E-state index in [1.165, 1.54) is 0 Å². The van der Waals surface area contributed by atoms with Crippen LogP contribution in [0.15, 0.2) is 12.3 Å². The maximum Gasteiger partial charge on any atom is 0.750 e. The molecular formula is C11H28N4O4Si. The number of nitrogens with two attached hydrogens (primary N) is 4. The van der Waals surface area contributed by atoms with Crippen LogP contribution in [0.1, 0.15) is 13.8 Å². The van der Waals surface area contributed by atoms with Crippen LogP contribution in [0.25, 0.3) is 0 Å². The Kier molecular flexibility index (Phi) is 9.97. The van der Waals surface area contributed by atoms with Gasteiger partial charge >= 0.3 is 9.05 Å². The van der Waals surface area contributed by atoms with Crippen LogP contribution in [-0.2, 0) is 17.7 Å². The quantitative estimate of drug-likeness (QED) is 0.255. The fraction of sp³-hybridized carbons (Fsp3) is 0.818. The van der Waals surface area contributed by atoms with Crippen molar-refractivity contribution in [1.29, 1.82) is 0 Å².